The number of nitriles is 2. The largest absolute Gasteiger partial charge is 0.465 e. The molecule has 0 radical (unpaired) electrons. The number of ether oxygens (including phenoxy) is 1. The van der Waals surface area contributed by atoms with Crippen LogP contribution in [0.25, 0.3) is 5.69 Å². The van der Waals surface area contributed by atoms with Crippen LogP contribution < -0.4 is 27.3 Å². The number of rotatable bonds is 7. The third kappa shape index (κ3) is 4.11. The highest BCUT2D eigenvalue weighted by atomic mass is 32.2. The number of nitrogens with zero attached hydrogens (tertiary/aromatic N) is 6. The molecule has 0 saturated carbocycles. The molecule has 0 N–H and O–H groups in total. The van der Waals surface area contributed by atoms with E-state index in [1.807, 2.05) is 91.0 Å². The van der Waals surface area contributed by atoms with Crippen molar-refractivity contribution in [3.63, 3.8) is 0 Å². The molecule has 4 heterocycles. The summed E-state index contributed by atoms with van der Waals surface area (Å²) in [5.74, 6) is -0.238. The van der Waals surface area contributed by atoms with E-state index in [2.05, 4.69) is 12.1 Å². The number of thioether (sulfide) groups is 1. The Kier molecular flexibility index (Phi) is 7.68. The van der Waals surface area contributed by atoms with Gasteiger partial charge in [-0.05, 0) is 37.3 Å². The molecule has 0 unspecified atom stereocenters. The first kappa shape index (κ1) is 32.6. The van der Waals surface area contributed by atoms with Gasteiger partial charge in [-0.1, -0.05) is 109 Å². The number of allylic oxidation sites excluding steroid dienone is 1. The van der Waals surface area contributed by atoms with Crippen molar-refractivity contribution in [1.82, 2.24) is 13.9 Å². The first-order valence-corrected chi connectivity index (χ1v) is 19.3. The van der Waals surface area contributed by atoms with E-state index in [9.17, 15) is 20.1 Å². The molecule has 1 fully saturated rings. The second kappa shape index (κ2) is 12.0. The Morgan fingerprint density at radius 2 is 1.35 bits per heavy atom. The highest BCUT2D eigenvalue weighted by molar-refractivity contribution is 8.00. The average molecular weight is 711 g/mol. The molecule has 9 rings (SSSR count). The fourth-order valence-electron chi connectivity index (χ4n) is 8.21. The highest BCUT2D eigenvalue weighted by Crippen LogP contribution is 2.69. The maximum Gasteiger partial charge on any atom is 0.354 e. The van der Waals surface area contributed by atoms with E-state index in [-0.39, 0.29) is 24.3 Å². The van der Waals surface area contributed by atoms with E-state index >= 15 is 4.79 Å². The molecule has 3 aliphatic heterocycles. The third-order valence-electron chi connectivity index (χ3n) is 10.3. The van der Waals surface area contributed by atoms with Gasteiger partial charge in [-0.25, -0.2) is 18.8 Å². The smallest absolute Gasteiger partial charge is 0.354 e. The lowest BCUT2D eigenvalue weighted by Crippen LogP contribution is -2.75. The van der Waals surface area contributed by atoms with Crippen molar-refractivity contribution in [3.8, 4) is 17.8 Å². The van der Waals surface area contributed by atoms with Gasteiger partial charge in [0.2, 0.25) is 0 Å². The lowest BCUT2D eigenvalue weighted by molar-refractivity contribution is -0.168. The molecule has 1 aliphatic carbocycles. The van der Waals surface area contributed by atoms with Crippen molar-refractivity contribution in [1.29, 1.82) is 10.5 Å². The van der Waals surface area contributed by atoms with E-state index < -0.39 is 46.3 Å². The number of carbonyl (C=O) groups excluding carboxylic acids is 1. The predicted molar refractivity (Wildman–Crippen MR) is 197 cm³/mol. The van der Waals surface area contributed by atoms with E-state index in [0.717, 1.165) is 25.2 Å². The summed E-state index contributed by atoms with van der Waals surface area (Å²) in [5.41, 5.74) is -7.03. The van der Waals surface area contributed by atoms with Crippen molar-refractivity contribution < 1.29 is 9.53 Å². The van der Waals surface area contributed by atoms with Gasteiger partial charge in [0.15, 0.2) is 11.2 Å². The van der Waals surface area contributed by atoms with Crippen LogP contribution >= 0.6 is 18.8 Å². The molecule has 51 heavy (non-hydrogen) atoms. The Bertz CT molecular complexity index is 2380. The molecular formula is C39H31N6O4PS. The summed E-state index contributed by atoms with van der Waals surface area (Å²) in [5, 5.41) is 23.6. The molecule has 10 nitrogen and oxygen atoms in total. The predicted octanol–water partition coefficient (Wildman–Crippen LogP) is 4.38. The summed E-state index contributed by atoms with van der Waals surface area (Å²) in [6, 6.07) is 42.1. The Balaban J connectivity index is 1.68. The van der Waals surface area contributed by atoms with E-state index in [1.54, 1.807) is 37.3 Å². The van der Waals surface area contributed by atoms with Crippen LogP contribution in [-0.4, -0.2) is 37.5 Å². The second-order valence-corrected chi connectivity index (χ2v) is 16.8. The molecule has 252 valence electrons. The number of esters is 1. The Morgan fingerprint density at radius 3 is 1.84 bits per heavy atom. The summed E-state index contributed by atoms with van der Waals surface area (Å²) in [4.78, 5) is 44.9. The Labute approximate surface area is 297 Å². The van der Waals surface area contributed by atoms with Crippen LogP contribution in [0.5, 0.6) is 0 Å². The van der Waals surface area contributed by atoms with E-state index in [1.165, 1.54) is 22.5 Å². The Hall–Kier alpha value is -5.61. The first-order valence-electron chi connectivity index (χ1n) is 16.5. The monoisotopic (exact) mass is 710 g/mol. The number of hydrogen-bond donors (Lipinski definition) is 0. The summed E-state index contributed by atoms with van der Waals surface area (Å²) < 4.78 is 15.2. The third-order valence-corrected chi connectivity index (χ3v) is 15.5. The van der Waals surface area contributed by atoms with Gasteiger partial charge in [0, 0.05) is 15.9 Å². The standard InChI is InChI=1S/C39H31N6O4PS/c1-2-49-34(46)37-23-24-51-33(37)38(27-41)28(26-40)25-39(37,45-36(48)43(35(47)44(38)45)29-15-7-3-8-16-29)42-50(30-17-9-4-10-18-30,31-19-11-5-12-20-31)32-21-13-6-14-22-32/h3-22,25,33H,2,23-24H2,1H3/t33-,37-,38+,39+/m0/s1. The van der Waals surface area contributed by atoms with Crippen molar-refractivity contribution in [3.05, 3.63) is 154 Å². The molecule has 1 aromatic heterocycles. The van der Waals surface area contributed by atoms with Crippen molar-refractivity contribution in [2.24, 2.45) is 10.2 Å². The van der Waals surface area contributed by atoms with Crippen LogP contribution in [0.2, 0.25) is 0 Å². The van der Waals surface area contributed by atoms with E-state index in [4.69, 9.17) is 9.48 Å². The molecular weight excluding hydrogens is 680 g/mol. The molecule has 4 atom stereocenters. The highest BCUT2D eigenvalue weighted by Gasteiger charge is 2.79. The minimum absolute atomic E-state index is 0.0332. The van der Waals surface area contributed by atoms with Gasteiger partial charge in [0.05, 0.1) is 42.3 Å². The topological polar surface area (TPSA) is 135 Å². The van der Waals surface area contributed by atoms with Crippen LogP contribution in [0.1, 0.15) is 13.3 Å². The van der Waals surface area contributed by atoms with Gasteiger partial charge in [0.25, 0.3) is 0 Å². The van der Waals surface area contributed by atoms with Gasteiger partial charge in [-0.15, -0.1) is 0 Å². The van der Waals surface area contributed by atoms with Crippen molar-refractivity contribution in [2.75, 3.05) is 12.4 Å². The fraction of sp³-hybridized carbons (Fsp3) is 0.205. The van der Waals surface area contributed by atoms with Gasteiger partial charge in [-0.3, -0.25) is 9.54 Å². The average Bonchev–Trinajstić information content (AvgIpc) is 3.77. The Morgan fingerprint density at radius 1 is 0.843 bits per heavy atom. The van der Waals surface area contributed by atoms with Gasteiger partial charge < -0.3 is 4.74 Å². The normalized spacial score (nSPS) is 24.4. The molecule has 1 saturated heterocycles. The molecule has 5 aromatic rings. The zero-order valence-corrected chi connectivity index (χ0v) is 29.2. The fourth-order valence-corrected chi connectivity index (χ4v) is 13.9. The van der Waals surface area contributed by atoms with Crippen LogP contribution in [-0.2, 0) is 20.7 Å². The van der Waals surface area contributed by atoms with Crippen LogP contribution in [0.4, 0.5) is 0 Å². The molecule has 12 heteroatoms. The minimum atomic E-state index is -3.26. The molecule has 0 spiro atoms. The van der Waals surface area contributed by atoms with Crippen LogP contribution in [0.3, 0.4) is 0 Å². The molecule has 4 aromatic carbocycles. The summed E-state index contributed by atoms with van der Waals surface area (Å²) in [6.07, 6.45) is 1.70. The van der Waals surface area contributed by atoms with Gasteiger partial charge in [0.1, 0.15) is 5.41 Å². The number of hydrogen-bond acceptors (Lipinski definition) is 8. The molecule has 2 bridgehead atoms. The number of aromatic nitrogens is 3. The minimum Gasteiger partial charge on any atom is -0.465 e. The van der Waals surface area contributed by atoms with Crippen LogP contribution in [0.15, 0.2) is 147 Å². The van der Waals surface area contributed by atoms with E-state index in [0.29, 0.717) is 5.75 Å². The lowest BCUT2D eigenvalue weighted by atomic mass is 9.58. The van der Waals surface area contributed by atoms with Gasteiger partial charge >= 0.3 is 17.3 Å². The van der Waals surface area contributed by atoms with Crippen molar-refractivity contribution in [2.45, 2.75) is 29.8 Å². The SMILES string of the molecule is CCOC(=O)[C@]12CCS[C@@H]1[C@@]1(C#N)C(C#N)=C[C@@]2(N=P(c2ccccc2)(c2ccccc2)c2ccccc2)n2c(=O)n(-c3ccccc3)c(=O)n21. The summed E-state index contributed by atoms with van der Waals surface area (Å²) in [7, 11) is -3.26. The maximum absolute atomic E-state index is 15.2. The first-order chi connectivity index (χ1) is 24.9. The second-order valence-electron chi connectivity index (χ2n) is 12.6. The zero-order chi connectivity index (χ0) is 35.4. The lowest BCUT2D eigenvalue weighted by Gasteiger charge is -2.58. The van der Waals surface area contributed by atoms with Gasteiger partial charge in [-0.2, -0.15) is 27.0 Å². The number of para-hydroxylation sites is 1. The summed E-state index contributed by atoms with van der Waals surface area (Å²) >= 11 is 1.33. The molecule has 0 amide bonds. The van der Waals surface area contributed by atoms with Crippen molar-refractivity contribution >= 4 is 40.7 Å². The quantitative estimate of drug-likeness (QED) is 0.181. The zero-order valence-electron chi connectivity index (χ0n) is 27.5. The van der Waals surface area contributed by atoms with Crippen LogP contribution in [0, 0.1) is 28.1 Å². The summed E-state index contributed by atoms with van der Waals surface area (Å²) in [6.45, 7) is 1.74. The maximum atomic E-state index is 15.2. The molecule has 4 aliphatic rings. The number of carbonyl (C=O) groups is 1. The number of benzene rings is 4.